The summed E-state index contributed by atoms with van der Waals surface area (Å²) in [5.74, 6) is 0.814. The summed E-state index contributed by atoms with van der Waals surface area (Å²) in [5.41, 5.74) is 3.05. The predicted molar refractivity (Wildman–Crippen MR) is 116 cm³/mol. The highest BCUT2D eigenvalue weighted by molar-refractivity contribution is 6.30. The lowest BCUT2D eigenvalue weighted by atomic mass is 10.2. The zero-order valence-electron chi connectivity index (χ0n) is 16.3. The van der Waals surface area contributed by atoms with Crippen molar-refractivity contribution in [2.45, 2.75) is 13.5 Å². The summed E-state index contributed by atoms with van der Waals surface area (Å²) in [4.78, 5) is 20.3. The molecule has 0 saturated carbocycles. The minimum Gasteiger partial charge on any atom is -0.368 e. The van der Waals surface area contributed by atoms with Crippen molar-refractivity contribution in [2.24, 2.45) is 4.99 Å². The monoisotopic (exact) mass is 399 g/mol. The van der Waals surface area contributed by atoms with Gasteiger partial charge in [0, 0.05) is 63.1 Å². The van der Waals surface area contributed by atoms with E-state index in [0.717, 1.165) is 54.1 Å². The summed E-state index contributed by atoms with van der Waals surface area (Å²) >= 11 is 6.11. The van der Waals surface area contributed by atoms with Crippen molar-refractivity contribution in [1.82, 2.24) is 10.2 Å². The fraction of sp³-hybridized carbons (Fsp3) is 0.333. The maximum Gasteiger partial charge on any atom is 0.221 e. The van der Waals surface area contributed by atoms with E-state index in [1.54, 1.807) is 7.05 Å². The van der Waals surface area contributed by atoms with Crippen molar-refractivity contribution in [2.75, 3.05) is 43.4 Å². The van der Waals surface area contributed by atoms with Gasteiger partial charge in [-0.15, -0.1) is 0 Å². The summed E-state index contributed by atoms with van der Waals surface area (Å²) in [6, 6.07) is 15.8. The lowest BCUT2D eigenvalue weighted by molar-refractivity contribution is -0.114. The molecule has 2 N–H and O–H groups in total. The third-order valence-corrected chi connectivity index (χ3v) is 4.90. The normalized spacial score (nSPS) is 14.8. The number of guanidine groups is 1. The van der Waals surface area contributed by atoms with Crippen molar-refractivity contribution in [3.63, 3.8) is 0 Å². The number of rotatable bonds is 4. The Labute approximate surface area is 171 Å². The molecule has 2 aromatic rings. The lowest BCUT2D eigenvalue weighted by Gasteiger charge is -2.37. The first kappa shape index (κ1) is 20.0. The van der Waals surface area contributed by atoms with Crippen molar-refractivity contribution in [3.05, 3.63) is 59.1 Å². The van der Waals surface area contributed by atoms with E-state index < -0.39 is 0 Å². The number of anilines is 2. The topological polar surface area (TPSA) is 60.0 Å². The molecule has 7 heteroatoms. The Bertz CT molecular complexity index is 846. The molecule has 0 bridgehead atoms. The highest BCUT2D eigenvalue weighted by atomic mass is 35.5. The maximum absolute atomic E-state index is 11.2. The van der Waals surface area contributed by atoms with Gasteiger partial charge in [0.05, 0.1) is 0 Å². The van der Waals surface area contributed by atoms with Crippen molar-refractivity contribution >= 4 is 34.8 Å². The Kier molecular flexibility index (Phi) is 6.76. The molecule has 3 rings (SSSR count). The number of piperazine rings is 1. The van der Waals surface area contributed by atoms with Gasteiger partial charge in [-0.3, -0.25) is 9.79 Å². The number of carbonyl (C=O) groups excluding carboxylic acids is 1. The van der Waals surface area contributed by atoms with Crippen LogP contribution in [0.15, 0.2) is 53.5 Å². The van der Waals surface area contributed by atoms with Gasteiger partial charge in [-0.25, -0.2) is 0 Å². The minimum atomic E-state index is -0.0708. The van der Waals surface area contributed by atoms with Gasteiger partial charge in [0.15, 0.2) is 5.96 Å². The van der Waals surface area contributed by atoms with Crippen molar-refractivity contribution in [1.29, 1.82) is 0 Å². The Balaban J connectivity index is 1.54. The third kappa shape index (κ3) is 5.39. The first-order valence-corrected chi connectivity index (χ1v) is 9.75. The molecule has 1 amide bonds. The fourth-order valence-corrected chi connectivity index (χ4v) is 3.51. The number of halogens is 1. The minimum absolute atomic E-state index is 0.0708. The van der Waals surface area contributed by atoms with Crippen LogP contribution in [-0.2, 0) is 11.3 Å². The highest BCUT2D eigenvalue weighted by Gasteiger charge is 2.19. The Morgan fingerprint density at radius 1 is 1.11 bits per heavy atom. The summed E-state index contributed by atoms with van der Waals surface area (Å²) in [5, 5.41) is 7.00. The van der Waals surface area contributed by atoms with E-state index in [1.807, 2.05) is 42.5 Å². The van der Waals surface area contributed by atoms with Crippen LogP contribution in [0.1, 0.15) is 12.5 Å². The average Bonchev–Trinajstić information content (AvgIpc) is 2.69. The van der Waals surface area contributed by atoms with Crippen molar-refractivity contribution in [3.8, 4) is 0 Å². The number of nitrogens with zero attached hydrogens (tertiary/aromatic N) is 3. The van der Waals surface area contributed by atoms with Gasteiger partial charge in [0.2, 0.25) is 5.91 Å². The Morgan fingerprint density at radius 3 is 2.54 bits per heavy atom. The number of nitrogens with one attached hydrogen (secondary N) is 2. The number of hydrogen-bond donors (Lipinski definition) is 2. The second-order valence-electron chi connectivity index (χ2n) is 6.74. The number of amides is 1. The van der Waals surface area contributed by atoms with E-state index in [1.165, 1.54) is 6.92 Å². The molecule has 1 fully saturated rings. The van der Waals surface area contributed by atoms with E-state index >= 15 is 0 Å². The van der Waals surface area contributed by atoms with Gasteiger partial charge in [-0.05, 0) is 35.9 Å². The molecule has 1 saturated heterocycles. The molecule has 0 radical (unpaired) electrons. The van der Waals surface area contributed by atoms with Gasteiger partial charge >= 0.3 is 0 Å². The van der Waals surface area contributed by atoms with Gasteiger partial charge in [0.25, 0.3) is 0 Å². The van der Waals surface area contributed by atoms with Gasteiger partial charge in [-0.1, -0.05) is 29.8 Å². The largest absolute Gasteiger partial charge is 0.368 e. The zero-order chi connectivity index (χ0) is 19.9. The van der Waals surface area contributed by atoms with E-state index in [2.05, 4.69) is 31.5 Å². The van der Waals surface area contributed by atoms with Gasteiger partial charge in [-0.2, -0.15) is 0 Å². The van der Waals surface area contributed by atoms with E-state index in [4.69, 9.17) is 11.6 Å². The molecule has 0 atom stereocenters. The Morgan fingerprint density at radius 2 is 1.86 bits per heavy atom. The Hall–Kier alpha value is -2.73. The first-order chi connectivity index (χ1) is 13.5. The molecule has 1 aliphatic rings. The first-order valence-electron chi connectivity index (χ1n) is 9.38. The van der Waals surface area contributed by atoms with Crippen LogP contribution < -0.4 is 15.5 Å². The molecule has 6 nitrogen and oxygen atoms in total. The van der Waals surface area contributed by atoms with Crippen LogP contribution in [0.4, 0.5) is 11.4 Å². The molecule has 1 aliphatic heterocycles. The van der Waals surface area contributed by atoms with E-state index in [-0.39, 0.29) is 5.91 Å². The number of carbonyl (C=O) groups is 1. The standard InChI is InChI=1S/C21H26ClN5O/c1-16(28)25-19-7-3-5-17(13-19)15-24-21(23-2)27-11-9-26(10-12-27)20-8-4-6-18(22)14-20/h3-8,13-14H,9-12,15H2,1-2H3,(H,23,24)(H,25,28). The molecular formula is C21H26ClN5O. The number of benzene rings is 2. The molecule has 0 aliphatic carbocycles. The summed E-state index contributed by atoms with van der Waals surface area (Å²) < 4.78 is 0. The van der Waals surface area contributed by atoms with Crippen LogP contribution in [-0.4, -0.2) is 50.0 Å². The number of hydrogen-bond acceptors (Lipinski definition) is 3. The average molecular weight is 400 g/mol. The summed E-state index contributed by atoms with van der Waals surface area (Å²) in [6.45, 7) is 5.76. The molecular weight excluding hydrogens is 374 g/mol. The molecule has 28 heavy (non-hydrogen) atoms. The SMILES string of the molecule is CN=C(NCc1cccc(NC(C)=O)c1)N1CCN(c2cccc(Cl)c2)CC1. The van der Waals surface area contributed by atoms with Crippen LogP contribution in [0.3, 0.4) is 0 Å². The predicted octanol–water partition coefficient (Wildman–Crippen LogP) is 3.20. The summed E-state index contributed by atoms with van der Waals surface area (Å²) in [7, 11) is 1.80. The van der Waals surface area contributed by atoms with Crippen molar-refractivity contribution < 1.29 is 4.79 Å². The van der Waals surface area contributed by atoms with Crippen LogP contribution in [0, 0.1) is 0 Å². The summed E-state index contributed by atoms with van der Waals surface area (Å²) in [6.07, 6.45) is 0. The molecule has 0 unspecified atom stereocenters. The van der Waals surface area contributed by atoms with Gasteiger partial charge < -0.3 is 20.4 Å². The quantitative estimate of drug-likeness (QED) is 0.612. The second kappa shape index (κ2) is 9.46. The fourth-order valence-electron chi connectivity index (χ4n) is 3.32. The molecule has 2 aromatic carbocycles. The zero-order valence-corrected chi connectivity index (χ0v) is 17.0. The smallest absolute Gasteiger partial charge is 0.221 e. The van der Waals surface area contributed by atoms with E-state index in [0.29, 0.717) is 6.54 Å². The molecule has 0 spiro atoms. The van der Waals surface area contributed by atoms with Crippen LogP contribution in [0.2, 0.25) is 5.02 Å². The number of aliphatic imine (C=N–C) groups is 1. The molecule has 0 aromatic heterocycles. The van der Waals surface area contributed by atoms with Crippen LogP contribution in [0.25, 0.3) is 0 Å². The molecule has 1 heterocycles. The van der Waals surface area contributed by atoms with E-state index in [9.17, 15) is 4.79 Å². The highest BCUT2D eigenvalue weighted by Crippen LogP contribution is 2.20. The van der Waals surface area contributed by atoms with Crippen LogP contribution >= 0.6 is 11.6 Å². The third-order valence-electron chi connectivity index (χ3n) is 4.66. The second-order valence-corrected chi connectivity index (χ2v) is 7.17. The van der Waals surface area contributed by atoms with Crippen LogP contribution in [0.5, 0.6) is 0 Å². The maximum atomic E-state index is 11.2. The van der Waals surface area contributed by atoms with Gasteiger partial charge in [0.1, 0.15) is 0 Å². The lowest BCUT2D eigenvalue weighted by Crippen LogP contribution is -2.52. The molecule has 148 valence electrons.